The van der Waals surface area contributed by atoms with Crippen LogP contribution in [0.2, 0.25) is 0 Å². The molecule has 1 amide bonds. The number of para-hydroxylation sites is 1. The van der Waals surface area contributed by atoms with Gasteiger partial charge < -0.3 is 15.2 Å². The number of aliphatic carboxylic acids is 1. The molecule has 0 spiro atoms. The molecule has 1 rings (SSSR count). The molecule has 0 bridgehead atoms. The van der Waals surface area contributed by atoms with E-state index in [9.17, 15) is 9.59 Å². The van der Waals surface area contributed by atoms with Crippen LogP contribution in [0.4, 0.5) is 0 Å². The number of carbonyl (C=O) groups excluding carboxylic acids is 1. The van der Waals surface area contributed by atoms with Crippen molar-refractivity contribution in [2.45, 2.75) is 27.2 Å². The number of carboxylic acids is 1. The van der Waals surface area contributed by atoms with Crippen LogP contribution in [0.1, 0.15) is 25.8 Å². The number of amides is 1. The molecule has 0 unspecified atom stereocenters. The third-order valence-electron chi connectivity index (χ3n) is 2.99. The summed E-state index contributed by atoms with van der Waals surface area (Å²) in [6, 6.07) is 7.58. The van der Waals surface area contributed by atoms with Crippen molar-refractivity contribution in [2.75, 3.05) is 13.2 Å². The number of rotatable bonds is 7. The fourth-order valence-corrected chi connectivity index (χ4v) is 1.46. The fraction of sp³-hybridized carbons (Fsp3) is 0.467. The number of carbonyl (C=O) groups is 2. The van der Waals surface area contributed by atoms with Crippen molar-refractivity contribution in [3.8, 4) is 5.75 Å². The summed E-state index contributed by atoms with van der Waals surface area (Å²) in [4.78, 5) is 22.5. The highest BCUT2D eigenvalue weighted by atomic mass is 16.5. The van der Waals surface area contributed by atoms with Crippen molar-refractivity contribution < 1.29 is 19.4 Å². The molecular formula is C15H21NO4. The second-order valence-corrected chi connectivity index (χ2v) is 5.33. The van der Waals surface area contributed by atoms with E-state index in [0.717, 1.165) is 11.3 Å². The molecule has 2 N–H and O–H groups in total. The van der Waals surface area contributed by atoms with Crippen molar-refractivity contribution in [3.05, 3.63) is 29.8 Å². The molecule has 5 heteroatoms. The first-order valence-electron chi connectivity index (χ1n) is 6.51. The lowest BCUT2D eigenvalue weighted by atomic mass is 9.94. The minimum absolute atomic E-state index is 0.103. The van der Waals surface area contributed by atoms with Crippen LogP contribution >= 0.6 is 0 Å². The predicted octanol–water partition coefficient (Wildman–Crippen LogP) is 1.99. The van der Waals surface area contributed by atoms with Crippen LogP contribution in [0, 0.1) is 12.3 Å². The molecule has 110 valence electrons. The Morgan fingerprint density at radius 2 is 1.95 bits per heavy atom. The number of carboxylic acid groups (broad SMARTS) is 1. The van der Waals surface area contributed by atoms with E-state index in [-0.39, 0.29) is 25.5 Å². The van der Waals surface area contributed by atoms with Gasteiger partial charge in [-0.3, -0.25) is 9.59 Å². The minimum atomic E-state index is -0.966. The first kappa shape index (κ1) is 16.0. The second kappa shape index (κ2) is 6.93. The van der Waals surface area contributed by atoms with Crippen LogP contribution in [-0.4, -0.2) is 30.1 Å². The maximum Gasteiger partial charge on any atom is 0.310 e. The number of benzene rings is 1. The summed E-state index contributed by atoms with van der Waals surface area (Å²) in [5, 5.41) is 11.5. The van der Waals surface area contributed by atoms with Crippen LogP contribution in [0.25, 0.3) is 0 Å². The number of hydrogen-bond acceptors (Lipinski definition) is 3. The van der Waals surface area contributed by atoms with E-state index in [2.05, 4.69) is 5.32 Å². The monoisotopic (exact) mass is 279 g/mol. The van der Waals surface area contributed by atoms with Gasteiger partial charge in [0.05, 0.1) is 18.4 Å². The largest absolute Gasteiger partial charge is 0.493 e. The predicted molar refractivity (Wildman–Crippen MR) is 75.7 cm³/mol. The lowest BCUT2D eigenvalue weighted by Crippen LogP contribution is -2.39. The SMILES string of the molecule is Cc1ccccc1OCCC(=O)NCC(C)(C)C(=O)O. The van der Waals surface area contributed by atoms with Crippen molar-refractivity contribution in [3.63, 3.8) is 0 Å². The molecule has 0 saturated carbocycles. The fourth-order valence-electron chi connectivity index (χ4n) is 1.46. The quantitative estimate of drug-likeness (QED) is 0.800. The Balaban J connectivity index is 2.31. The lowest BCUT2D eigenvalue weighted by molar-refractivity contribution is -0.146. The van der Waals surface area contributed by atoms with Crippen LogP contribution < -0.4 is 10.1 Å². The zero-order valence-corrected chi connectivity index (χ0v) is 12.1. The number of aryl methyl sites for hydroxylation is 1. The topological polar surface area (TPSA) is 75.6 Å². The van der Waals surface area contributed by atoms with E-state index in [4.69, 9.17) is 9.84 Å². The molecule has 0 aliphatic heterocycles. The number of hydrogen-bond donors (Lipinski definition) is 2. The van der Waals surface area contributed by atoms with Crippen molar-refractivity contribution in [1.29, 1.82) is 0 Å². The third kappa shape index (κ3) is 4.91. The molecule has 0 heterocycles. The Labute approximate surface area is 118 Å². The molecule has 0 saturated heterocycles. The highest BCUT2D eigenvalue weighted by Crippen LogP contribution is 2.16. The molecule has 0 aromatic heterocycles. The normalized spacial score (nSPS) is 10.9. The third-order valence-corrected chi connectivity index (χ3v) is 2.99. The van der Waals surface area contributed by atoms with E-state index in [0.29, 0.717) is 0 Å². The maximum atomic E-state index is 11.6. The first-order valence-corrected chi connectivity index (χ1v) is 6.51. The minimum Gasteiger partial charge on any atom is -0.493 e. The summed E-state index contributed by atoms with van der Waals surface area (Å²) in [6.07, 6.45) is 0.198. The molecule has 0 atom stereocenters. The van der Waals surface area contributed by atoms with Crippen LogP contribution in [0.5, 0.6) is 5.75 Å². The van der Waals surface area contributed by atoms with Gasteiger partial charge in [0, 0.05) is 6.54 Å². The van der Waals surface area contributed by atoms with Crippen LogP contribution in [0.15, 0.2) is 24.3 Å². The van der Waals surface area contributed by atoms with Gasteiger partial charge >= 0.3 is 5.97 Å². The van der Waals surface area contributed by atoms with E-state index in [1.54, 1.807) is 13.8 Å². The molecule has 20 heavy (non-hydrogen) atoms. The van der Waals surface area contributed by atoms with Crippen LogP contribution in [-0.2, 0) is 9.59 Å². The maximum absolute atomic E-state index is 11.6. The summed E-state index contributed by atoms with van der Waals surface area (Å²) >= 11 is 0. The Hall–Kier alpha value is -2.04. The van der Waals surface area contributed by atoms with Crippen molar-refractivity contribution in [1.82, 2.24) is 5.32 Å². The summed E-state index contributed by atoms with van der Waals surface area (Å²) in [5.41, 5.74) is 0.0481. The number of ether oxygens (including phenoxy) is 1. The van der Waals surface area contributed by atoms with Crippen LogP contribution in [0.3, 0.4) is 0 Å². The smallest absolute Gasteiger partial charge is 0.310 e. The average Bonchev–Trinajstić information content (AvgIpc) is 2.38. The van der Waals surface area contributed by atoms with E-state index >= 15 is 0 Å². The van der Waals surface area contributed by atoms with Crippen molar-refractivity contribution in [2.24, 2.45) is 5.41 Å². The van der Waals surface area contributed by atoms with E-state index < -0.39 is 11.4 Å². The van der Waals surface area contributed by atoms with Gasteiger partial charge in [0.2, 0.25) is 5.91 Å². The molecular weight excluding hydrogens is 258 g/mol. The van der Waals surface area contributed by atoms with Gasteiger partial charge in [0.15, 0.2) is 0 Å². The molecule has 0 fully saturated rings. The Kier molecular flexibility index (Phi) is 5.55. The highest BCUT2D eigenvalue weighted by Gasteiger charge is 2.27. The molecule has 5 nitrogen and oxygen atoms in total. The van der Waals surface area contributed by atoms with Gasteiger partial charge in [-0.25, -0.2) is 0 Å². The summed E-state index contributed by atoms with van der Waals surface area (Å²) in [5.74, 6) is -0.395. The molecule has 0 aliphatic rings. The zero-order chi connectivity index (χ0) is 15.2. The standard InChI is InChI=1S/C15H21NO4/c1-11-6-4-5-7-12(11)20-9-8-13(17)16-10-15(2,3)14(18)19/h4-7H,8-10H2,1-3H3,(H,16,17)(H,18,19). The molecule has 1 aromatic carbocycles. The first-order chi connectivity index (χ1) is 9.33. The zero-order valence-electron chi connectivity index (χ0n) is 12.1. The molecule has 0 radical (unpaired) electrons. The van der Waals surface area contributed by atoms with Crippen molar-refractivity contribution >= 4 is 11.9 Å². The molecule has 0 aliphatic carbocycles. The summed E-state index contributed by atoms with van der Waals surface area (Å²) in [6.45, 7) is 5.44. The van der Waals surface area contributed by atoms with E-state index in [1.165, 1.54) is 0 Å². The molecule has 1 aromatic rings. The summed E-state index contributed by atoms with van der Waals surface area (Å²) in [7, 11) is 0. The van der Waals surface area contributed by atoms with Gasteiger partial charge in [-0.05, 0) is 32.4 Å². The van der Waals surface area contributed by atoms with Gasteiger partial charge in [-0.2, -0.15) is 0 Å². The Bertz CT molecular complexity index is 483. The second-order valence-electron chi connectivity index (χ2n) is 5.33. The average molecular weight is 279 g/mol. The van der Waals surface area contributed by atoms with Gasteiger partial charge in [-0.15, -0.1) is 0 Å². The van der Waals surface area contributed by atoms with Gasteiger partial charge in [-0.1, -0.05) is 18.2 Å². The van der Waals surface area contributed by atoms with Gasteiger partial charge in [0.25, 0.3) is 0 Å². The number of nitrogens with one attached hydrogen (secondary N) is 1. The lowest BCUT2D eigenvalue weighted by Gasteiger charge is -2.19. The Morgan fingerprint density at radius 3 is 2.55 bits per heavy atom. The van der Waals surface area contributed by atoms with E-state index in [1.807, 2.05) is 31.2 Å². The summed E-state index contributed by atoms with van der Waals surface area (Å²) < 4.78 is 5.51. The Morgan fingerprint density at radius 1 is 1.30 bits per heavy atom. The van der Waals surface area contributed by atoms with Gasteiger partial charge in [0.1, 0.15) is 5.75 Å². The highest BCUT2D eigenvalue weighted by molar-refractivity contribution is 5.78.